The first kappa shape index (κ1) is 13.9. The van der Waals surface area contributed by atoms with E-state index in [1.54, 1.807) is 15.7 Å². The van der Waals surface area contributed by atoms with Gasteiger partial charge in [0.05, 0.1) is 11.6 Å². The molecule has 116 valence electrons. The second kappa shape index (κ2) is 5.19. The molecular formula is C16H18N2O3S. The Balaban J connectivity index is 1.60. The lowest BCUT2D eigenvalue weighted by molar-refractivity contribution is -0.147. The number of ether oxygens (including phenoxy) is 1. The smallest absolute Gasteiger partial charge is 0.309 e. The first-order valence-corrected chi connectivity index (χ1v) is 8.65. The lowest BCUT2D eigenvalue weighted by Gasteiger charge is -2.10. The normalized spacial score (nSPS) is 23.3. The van der Waals surface area contributed by atoms with Crippen molar-refractivity contribution in [1.82, 2.24) is 9.38 Å². The Labute approximate surface area is 131 Å². The van der Waals surface area contributed by atoms with Gasteiger partial charge >= 0.3 is 5.97 Å². The number of thiazole rings is 1. The van der Waals surface area contributed by atoms with Crippen molar-refractivity contribution < 1.29 is 9.53 Å². The van der Waals surface area contributed by atoms with Crippen molar-refractivity contribution in [3.63, 3.8) is 0 Å². The fraction of sp³-hybridized carbons (Fsp3) is 0.562. The first-order valence-electron chi connectivity index (χ1n) is 7.83. The highest BCUT2D eigenvalue weighted by atomic mass is 32.1. The summed E-state index contributed by atoms with van der Waals surface area (Å²) in [6.07, 6.45) is 5.20. The molecule has 2 atom stereocenters. The van der Waals surface area contributed by atoms with Crippen LogP contribution in [0.1, 0.15) is 42.5 Å². The molecule has 5 nitrogen and oxygen atoms in total. The van der Waals surface area contributed by atoms with Crippen LogP contribution in [0.2, 0.25) is 0 Å². The van der Waals surface area contributed by atoms with E-state index in [4.69, 9.17) is 4.74 Å². The summed E-state index contributed by atoms with van der Waals surface area (Å²) in [5.41, 5.74) is 1.61. The zero-order valence-corrected chi connectivity index (χ0v) is 13.3. The third-order valence-electron chi connectivity index (χ3n) is 4.59. The minimum atomic E-state index is -0.167. The second-order valence-corrected chi connectivity index (χ2v) is 7.37. The van der Waals surface area contributed by atoms with Gasteiger partial charge in [-0.25, -0.2) is 4.98 Å². The number of rotatable bonds is 3. The third kappa shape index (κ3) is 2.35. The van der Waals surface area contributed by atoms with E-state index in [1.807, 2.05) is 6.92 Å². The summed E-state index contributed by atoms with van der Waals surface area (Å²) in [7, 11) is 0. The van der Waals surface area contributed by atoms with Gasteiger partial charge in [-0.05, 0) is 38.0 Å². The van der Waals surface area contributed by atoms with Crippen LogP contribution in [0.25, 0.3) is 4.96 Å². The van der Waals surface area contributed by atoms with Gasteiger partial charge in [-0.3, -0.25) is 14.0 Å². The van der Waals surface area contributed by atoms with Crippen LogP contribution < -0.4 is 5.56 Å². The molecule has 0 unspecified atom stereocenters. The van der Waals surface area contributed by atoms with Crippen LogP contribution in [0.4, 0.5) is 0 Å². The highest BCUT2D eigenvalue weighted by molar-refractivity contribution is 7.17. The number of carbonyl (C=O) groups is 1. The molecule has 2 aliphatic rings. The molecule has 0 spiro atoms. The number of aryl methyl sites for hydroxylation is 2. The van der Waals surface area contributed by atoms with E-state index < -0.39 is 0 Å². The van der Waals surface area contributed by atoms with Gasteiger partial charge < -0.3 is 4.74 Å². The fourth-order valence-electron chi connectivity index (χ4n) is 3.12. The molecule has 0 aromatic carbocycles. The van der Waals surface area contributed by atoms with E-state index in [1.165, 1.54) is 17.4 Å². The molecule has 0 bridgehead atoms. The van der Waals surface area contributed by atoms with Gasteiger partial charge in [0.25, 0.3) is 5.56 Å². The van der Waals surface area contributed by atoms with Crippen molar-refractivity contribution in [3.05, 3.63) is 32.7 Å². The summed E-state index contributed by atoms with van der Waals surface area (Å²) in [5.74, 6) is 0.302. The average molecular weight is 318 g/mol. The molecule has 0 saturated heterocycles. The van der Waals surface area contributed by atoms with Crippen LogP contribution in [-0.2, 0) is 29.0 Å². The summed E-state index contributed by atoms with van der Waals surface area (Å²) in [6, 6.07) is 1.50. The standard InChI is InChI=1S/C16H18N2O3S/c1-9-6-11(9)15(20)21-8-10-7-14(19)18-12-4-2-3-5-13(12)22-16(18)17-10/h7,9,11H,2-6,8H2,1H3/t9-,11+/m1/s1. The quantitative estimate of drug-likeness (QED) is 0.815. The highest BCUT2D eigenvalue weighted by Crippen LogP contribution is 2.38. The molecule has 4 rings (SSSR count). The minimum absolute atomic E-state index is 0.0406. The first-order chi connectivity index (χ1) is 10.6. The Morgan fingerprint density at radius 1 is 1.45 bits per heavy atom. The fourth-order valence-corrected chi connectivity index (χ4v) is 4.35. The Kier molecular flexibility index (Phi) is 3.29. The maximum atomic E-state index is 12.4. The Morgan fingerprint density at radius 2 is 2.23 bits per heavy atom. The Bertz CT molecular complexity index is 808. The van der Waals surface area contributed by atoms with E-state index in [9.17, 15) is 9.59 Å². The predicted molar refractivity (Wildman–Crippen MR) is 83.0 cm³/mol. The number of carbonyl (C=O) groups excluding carboxylic acids is 1. The molecule has 22 heavy (non-hydrogen) atoms. The number of hydrogen-bond donors (Lipinski definition) is 0. The molecule has 2 heterocycles. The Morgan fingerprint density at radius 3 is 3.00 bits per heavy atom. The number of esters is 1. The molecule has 2 aromatic heterocycles. The van der Waals surface area contributed by atoms with E-state index in [0.29, 0.717) is 11.6 Å². The van der Waals surface area contributed by atoms with Crippen molar-refractivity contribution in [3.8, 4) is 0 Å². The SMILES string of the molecule is C[C@@H]1C[C@@H]1C(=O)OCc1cc(=O)n2c3c(sc2n1)CCCC3. The summed E-state index contributed by atoms with van der Waals surface area (Å²) in [4.78, 5) is 30.6. The van der Waals surface area contributed by atoms with Gasteiger partial charge in [0.1, 0.15) is 6.61 Å². The van der Waals surface area contributed by atoms with Crippen LogP contribution >= 0.6 is 11.3 Å². The molecule has 2 aromatic rings. The number of nitrogens with zero attached hydrogens (tertiary/aromatic N) is 2. The summed E-state index contributed by atoms with van der Waals surface area (Å²) < 4.78 is 7.01. The molecular weight excluding hydrogens is 300 g/mol. The van der Waals surface area contributed by atoms with Crippen molar-refractivity contribution >= 4 is 22.3 Å². The number of fused-ring (bicyclic) bond motifs is 3. The summed E-state index contributed by atoms with van der Waals surface area (Å²) in [5, 5.41) is 0. The maximum absolute atomic E-state index is 12.4. The lowest BCUT2D eigenvalue weighted by atomic mass is 10.0. The van der Waals surface area contributed by atoms with E-state index in [-0.39, 0.29) is 24.1 Å². The van der Waals surface area contributed by atoms with Crippen molar-refractivity contribution in [2.75, 3.05) is 0 Å². The largest absolute Gasteiger partial charge is 0.459 e. The monoisotopic (exact) mass is 318 g/mol. The van der Waals surface area contributed by atoms with Crippen LogP contribution in [0.3, 0.4) is 0 Å². The second-order valence-electron chi connectivity index (χ2n) is 6.31. The van der Waals surface area contributed by atoms with Crippen LogP contribution in [0.5, 0.6) is 0 Å². The minimum Gasteiger partial charge on any atom is -0.459 e. The molecule has 1 saturated carbocycles. The third-order valence-corrected chi connectivity index (χ3v) is 5.73. The molecule has 0 aliphatic heterocycles. The van der Waals surface area contributed by atoms with Crippen LogP contribution in [0.15, 0.2) is 10.9 Å². The molecule has 6 heteroatoms. The zero-order chi connectivity index (χ0) is 15.3. The summed E-state index contributed by atoms with van der Waals surface area (Å²) in [6.45, 7) is 2.13. The maximum Gasteiger partial charge on any atom is 0.309 e. The van der Waals surface area contributed by atoms with Crippen molar-refractivity contribution in [2.45, 2.75) is 45.6 Å². The van der Waals surface area contributed by atoms with E-state index >= 15 is 0 Å². The van der Waals surface area contributed by atoms with Gasteiger partial charge in [0, 0.05) is 16.6 Å². The van der Waals surface area contributed by atoms with Crippen molar-refractivity contribution in [1.29, 1.82) is 0 Å². The van der Waals surface area contributed by atoms with Crippen LogP contribution in [0, 0.1) is 11.8 Å². The van der Waals surface area contributed by atoms with Gasteiger partial charge in [-0.2, -0.15) is 0 Å². The molecule has 0 radical (unpaired) electrons. The topological polar surface area (TPSA) is 60.7 Å². The van der Waals surface area contributed by atoms with Gasteiger partial charge in [-0.15, -0.1) is 11.3 Å². The number of aromatic nitrogens is 2. The van der Waals surface area contributed by atoms with Gasteiger partial charge in [0.15, 0.2) is 4.96 Å². The molecule has 0 amide bonds. The Hall–Kier alpha value is -1.69. The predicted octanol–water partition coefficient (Wildman–Crippen LogP) is 2.33. The van der Waals surface area contributed by atoms with Crippen molar-refractivity contribution in [2.24, 2.45) is 11.8 Å². The molecule has 0 N–H and O–H groups in total. The summed E-state index contributed by atoms with van der Waals surface area (Å²) >= 11 is 1.59. The molecule has 2 aliphatic carbocycles. The average Bonchev–Trinajstić information content (AvgIpc) is 3.10. The molecule has 1 fully saturated rings. The van der Waals surface area contributed by atoms with Gasteiger partial charge in [-0.1, -0.05) is 6.92 Å². The van der Waals surface area contributed by atoms with Gasteiger partial charge in [0.2, 0.25) is 0 Å². The number of hydrogen-bond acceptors (Lipinski definition) is 5. The van der Waals surface area contributed by atoms with Crippen LogP contribution in [-0.4, -0.2) is 15.4 Å². The van der Waals surface area contributed by atoms with E-state index in [2.05, 4.69) is 4.98 Å². The zero-order valence-electron chi connectivity index (χ0n) is 12.5. The lowest BCUT2D eigenvalue weighted by Crippen LogP contribution is -2.19. The highest BCUT2D eigenvalue weighted by Gasteiger charge is 2.40. The van der Waals surface area contributed by atoms with E-state index in [0.717, 1.165) is 36.3 Å².